The lowest BCUT2D eigenvalue weighted by molar-refractivity contribution is 0.394. The second-order valence-electron chi connectivity index (χ2n) is 5.23. The van der Waals surface area contributed by atoms with Gasteiger partial charge in [0, 0.05) is 17.5 Å². The van der Waals surface area contributed by atoms with E-state index in [9.17, 15) is 8.42 Å². The minimum absolute atomic E-state index is 0.0989. The van der Waals surface area contributed by atoms with E-state index in [1.54, 1.807) is 44.2 Å². The summed E-state index contributed by atoms with van der Waals surface area (Å²) in [6.07, 6.45) is 0. The molecule has 0 unspecified atom stereocenters. The molecule has 3 aromatic rings. The highest BCUT2D eigenvalue weighted by Crippen LogP contribution is 2.25. The van der Waals surface area contributed by atoms with Crippen LogP contribution in [-0.2, 0) is 10.0 Å². The average molecular weight is 364 g/mol. The van der Waals surface area contributed by atoms with E-state index in [0.29, 0.717) is 28.0 Å². The van der Waals surface area contributed by atoms with E-state index in [2.05, 4.69) is 14.9 Å². The van der Waals surface area contributed by atoms with Crippen LogP contribution in [0.2, 0.25) is 5.02 Å². The molecule has 1 N–H and O–H groups in total. The van der Waals surface area contributed by atoms with Gasteiger partial charge >= 0.3 is 0 Å². The Hall–Kier alpha value is -2.38. The van der Waals surface area contributed by atoms with Crippen LogP contribution in [0.4, 0.5) is 5.69 Å². The number of halogens is 1. The Labute approximate surface area is 144 Å². The number of nitrogens with one attached hydrogen (secondary N) is 1. The topological polar surface area (TPSA) is 85.1 Å². The van der Waals surface area contributed by atoms with E-state index >= 15 is 0 Å². The van der Waals surface area contributed by atoms with Crippen LogP contribution in [-0.4, -0.2) is 18.6 Å². The summed E-state index contributed by atoms with van der Waals surface area (Å²) in [7, 11) is -3.77. The zero-order valence-electron chi connectivity index (χ0n) is 12.9. The second-order valence-corrected chi connectivity index (χ2v) is 7.35. The molecule has 3 rings (SSSR count). The van der Waals surface area contributed by atoms with Crippen LogP contribution >= 0.6 is 11.6 Å². The lowest BCUT2D eigenvalue weighted by Gasteiger charge is -2.11. The van der Waals surface area contributed by atoms with Crippen LogP contribution in [0, 0.1) is 13.8 Å². The van der Waals surface area contributed by atoms with Gasteiger partial charge in [0.15, 0.2) is 0 Å². The van der Waals surface area contributed by atoms with Gasteiger partial charge in [0.05, 0.1) is 10.6 Å². The Balaban J connectivity index is 1.97. The van der Waals surface area contributed by atoms with E-state index in [1.165, 1.54) is 12.1 Å². The number of hydrogen-bond acceptors (Lipinski definition) is 5. The number of sulfonamides is 1. The lowest BCUT2D eigenvalue weighted by Crippen LogP contribution is -2.13. The third kappa shape index (κ3) is 3.42. The molecule has 8 heteroatoms. The van der Waals surface area contributed by atoms with Crippen LogP contribution in [0.25, 0.3) is 11.4 Å². The Bertz CT molecular complexity index is 999. The smallest absolute Gasteiger partial charge is 0.261 e. The molecule has 0 aliphatic heterocycles. The maximum absolute atomic E-state index is 12.6. The van der Waals surface area contributed by atoms with Gasteiger partial charge in [-0.05, 0) is 36.8 Å². The van der Waals surface area contributed by atoms with Gasteiger partial charge in [-0.2, -0.15) is 4.98 Å². The summed E-state index contributed by atoms with van der Waals surface area (Å²) in [6.45, 7) is 3.47. The van der Waals surface area contributed by atoms with E-state index in [-0.39, 0.29) is 4.90 Å². The van der Waals surface area contributed by atoms with Gasteiger partial charge in [0.1, 0.15) is 0 Å². The Kier molecular flexibility index (Phi) is 4.29. The zero-order valence-corrected chi connectivity index (χ0v) is 14.5. The van der Waals surface area contributed by atoms with Gasteiger partial charge in [-0.1, -0.05) is 35.0 Å². The Morgan fingerprint density at radius 3 is 2.62 bits per heavy atom. The van der Waals surface area contributed by atoms with Gasteiger partial charge < -0.3 is 4.52 Å². The molecular weight excluding hydrogens is 350 g/mol. The SMILES string of the molecule is Cc1nc(-c2cccc(S(=O)(=O)Nc3cc(Cl)ccc3C)c2)no1. The highest BCUT2D eigenvalue weighted by molar-refractivity contribution is 7.92. The third-order valence-electron chi connectivity index (χ3n) is 3.37. The van der Waals surface area contributed by atoms with Gasteiger partial charge in [0.25, 0.3) is 10.0 Å². The van der Waals surface area contributed by atoms with Crippen molar-refractivity contribution in [3.63, 3.8) is 0 Å². The molecule has 24 heavy (non-hydrogen) atoms. The van der Waals surface area contributed by atoms with Crippen molar-refractivity contribution in [1.82, 2.24) is 10.1 Å². The van der Waals surface area contributed by atoms with Crippen molar-refractivity contribution in [1.29, 1.82) is 0 Å². The molecule has 0 radical (unpaired) electrons. The highest BCUT2D eigenvalue weighted by Gasteiger charge is 2.17. The summed E-state index contributed by atoms with van der Waals surface area (Å²) >= 11 is 5.94. The first-order valence-electron chi connectivity index (χ1n) is 7.05. The molecule has 1 heterocycles. The molecule has 1 aromatic heterocycles. The summed E-state index contributed by atoms with van der Waals surface area (Å²) in [5.74, 6) is 0.745. The molecule has 2 aromatic carbocycles. The first kappa shape index (κ1) is 16.5. The predicted molar refractivity (Wildman–Crippen MR) is 91.5 cm³/mol. The fraction of sp³-hybridized carbons (Fsp3) is 0.125. The second kappa shape index (κ2) is 6.26. The molecule has 0 saturated heterocycles. The van der Waals surface area contributed by atoms with Gasteiger partial charge in [0.2, 0.25) is 11.7 Å². The summed E-state index contributed by atoms with van der Waals surface area (Å²) in [6, 6.07) is 11.4. The molecule has 0 atom stereocenters. The summed E-state index contributed by atoms with van der Waals surface area (Å²) in [5, 5.41) is 4.25. The number of rotatable bonds is 4. The van der Waals surface area contributed by atoms with Crippen molar-refractivity contribution in [3.05, 3.63) is 58.9 Å². The lowest BCUT2D eigenvalue weighted by atomic mass is 10.2. The third-order valence-corrected chi connectivity index (χ3v) is 4.97. The number of aromatic nitrogens is 2. The molecule has 0 fully saturated rings. The summed E-state index contributed by atoms with van der Waals surface area (Å²) < 4.78 is 32.7. The normalized spacial score (nSPS) is 11.5. The van der Waals surface area contributed by atoms with Crippen LogP contribution in [0.3, 0.4) is 0 Å². The fourth-order valence-electron chi connectivity index (χ4n) is 2.13. The number of aryl methyl sites for hydroxylation is 2. The molecule has 0 bridgehead atoms. The van der Waals surface area contributed by atoms with Crippen LogP contribution in [0.1, 0.15) is 11.5 Å². The maximum Gasteiger partial charge on any atom is 0.261 e. The van der Waals surface area contributed by atoms with Crippen molar-refractivity contribution in [2.75, 3.05) is 4.72 Å². The van der Waals surface area contributed by atoms with Crippen molar-refractivity contribution in [2.24, 2.45) is 0 Å². The number of hydrogen-bond donors (Lipinski definition) is 1. The summed E-state index contributed by atoms with van der Waals surface area (Å²) in [4.78, 5) is 4.20. The number of nitrogens with zero attached hydrogens (tertiary/aromatic N) is 2. The van der Waals surface area contributed by atoms with Gasteiger partial charge in [-0.25, -0.2) is 8.42 Å². The van der Waals surface area contributed by atoms with Crippen molar-refractivity contribution >= 4 is 27.3 Å². The molecule has 0 aliphatic rings. The largest absolute Gasteiger partial charge is 0.339 e. The van der Waals surface area contributed by atoms with Crippen LogP contribution in [0.15, 0.2) is 51.9 Å². The minimum atomic E-state index is -3.77. The highest BCUT2D eigenvalue weighted by atomic mass is 35.5. The van der Waals surface area contributed by atoms with Gasteiger partial charge in [-0.15, -0.1) is 0 Å². The Morgan fingerprint density at radius 1 is 1.12 bits per heavy atom. The van der Waals surface area contributed by atoms with Crippen LogP contribution < -0.4 is 4.72 Å². The van der Waals surface area contributed by atoms with E-state index < -0.39 is 10.0 Å². The predicted octanol–water partition coefficient (Wildman–Crippen LogP) is 3.81. The fourth-order valence-corrected chi connectivity index (χ4v) is 3.47. The number of benzene rings is 2. The molecule has 0 saturated carbocycles. The monoisotopic (exact) mass is 363 g/mol. The first-order chi connectivity index (χ1) is 11.3. The zero-order chi connectivity index (χ0) is 17.3. The van der Waals surface area contributed by atoms with Crippen molar-refractivity contribution in [2.45, 2.75) is 18.7 Å². The first-order valence-corrected chi connectivity index (χ1v) is 8.91. The quantitative estimate of drug-likeness (QED) is 0.761. The average Bonchev–Trinajstić information content (AvgIpc) is 2.97. The molecule has 0 aliphatic carbocycles. The van der Waals surface area contributed by atoms with Crippen molar-refractivity contribution < 1.29 is 12.9 Å². The summed E-state index contributed by atoms with van der Waals surface area (Å²) in [5.41, 5.74) is 1.76. The Morgan fingerprint density at radius 2 is 1.92 bits per heavy atom. The number of anilines is 1. The standard InChI is InChI=1S/C16H14ClN3O3S/c1-10-6-7-13(17)9-15(10)20-24(21,22)14-5-3-4-12(8-14)16-18-11(2)23-19-16/h3-9,20H,1-2H3. The molecule has 0 spiro atoms. The molecular formula is C16H14ClN3O3S. The molecule has 6 nitrogen and oxygen atoms in total. The van der Waals surface area contributed by atoms with Crippen LogP contribution in [0.5, 0.6) is 0 Å². The van der Waals surface area contributed by atoms with E-state index in [0.717, 1.165) is 5.56 Å². The molecule has 0 amide bonds. The van der Waals surface area contributed by atoms with Gasteiger partial charge in [-0.3, -0.25) is 4.72 Å². The van der Waals surface area contributed by atoms with E-state index in [1.807, 2.05) is 0 Å². The minimum Gasteiger partial charge on any atom is -0.339 e. The maximum atomic E-state index is 12.6. The van der Waals surface area contributed by atoms with Crippen molar-refractivity contribution in [3.8, 4) is 11.4 Å². The molecule has 124 valence electrons. The van der Waals surface area contributed by atoms with E-state index in [4.69, 9.17) is 16.1 Å².